The van der Waals surface area contributed by atoms with E-state index >= 15 is 0 Å². The number of thioether (sulfide) groups is 1. The molecule has 1 heterocycles. The Morgan fingerprint density at radius 3 is 2.22 bits per heavy atom. The van der Waals surface area contributed by atoms with Crippen molar-refractivity contribution in [3.8, 4) is 34.4 Å². The number of nitrogens with two attached hydrogens (primary N) is 1. The fourth-order valence-corrected chi connectivity index (χ4v) is 3.94. The van der Waals surface area contributed by atoms with Crippen molar-refractivity contribution in [2.24, 2.45) is 12.8 Å². The number of rotatable bonds is 4. The second kappa shape index (κ2) is 7.41. The Kier molecular flexibility index (Phi) is 5.03. The zero-order valence-corrected chi connectivity index (χ0v) is 15.7. The van der Waals surface area contributed by atoms with Crippen molar-refractivity contribution < 1.29 is 4.79 Å². The summed E-state index contributed by atoms with van der Waals surface area (Å²) in [5, 5.41) is 19.6. The second-order valence-electron chi connectivity index (χ2n) is 5.88. The molecular formula is C21H16N4OS. The van der Waals surface area contributed by atoms with Crippen LogP contribution in [-0.4, -0.2) is 16.7 Å². The highest BCUT2D eigenvalue weighted by molar-refractivity contribution is 7.98. The Morgan fingerprint density at radius 1 is 1.04 bits per heavy atom. The lowest BCUT2D eigenvalue weighted by atomic mass is 9.96. The first-order chi connectivity index (χ1) is 13.0. The fourth-order valence-electron chi connectivity index (χ4n) is 3.22. The Morgan fingerprint density at radius 2 is 1.67 bits per heavy atom. The maximum Gasteiger partial charge on any atom is 0.266 e. The third-order valence-electron chi connectivity index (χ3n) is 4.41. The van der Waals surface area contributed by atoms with Gasteiger partial charge in [-0.25, -0.2) is 0 Å². The molecule has 0 saturated heterocycles. The summed E-state index contributed by atoms with van der Waals surface area (Å²) in [5.74, 6) is -0.580. The highest BCUT2D eigenvalue weighted by atomic mass is 32.2. The number of nitrogens with zero attached hydrogens (tertiary/aromatic N) is 3. The van der Waals surface area contributed by atoms with Crippen LogP contribution < -0.4 is 5.73 Å². The average Bonchev–Trinajstić information content (AvgIpc) is 2.99. The lowest BCUT2D eigenvalue weighted by Crippen LogP contribution is -2.16. The number of hydrogen-bond acceptors (Lipinski definition) is 4. The molecule has 0 aliphatic carbocycles. The number of nitriles is 2. The van der Waals surface area contributed by atoms with E-state index in [-0.39, 0.29) is 0 Å². The summed E-state index contributed by atoms with van der Waals surface area (Å²) in [6, 6.07) is 19.2. The summed E-state index contributed by atoms with van der Waals surface area (Å²) >= 11 is 1.40. The highest BCUT2D eigenvalue weighted by Crippen LogP contribution is 2.37. The molecule has 2 aromatic carbocycles. The first-order valence-corrected chi connectivity index (χ1v) is 9.32. The molecule has 0 spiro atoms. The summed E-state index contributed by atoms with van der Waals surface area (Å²) in [6.45, 7) is 0. The monoisotopic (exact) mass is 372 g/mol. The van der Waals surface area contributed by atoms with Gasteiger partial charge in [0.05, 0.1) is 22.2 Å². The Hall–Kier alpha value is -3.48. The van der Waals surface area contributed by atoms with Crippen LogP contribution in [0.2, 0.25) is 0 Å². The maximum absolute atomic E-state index is 12.0. The van der Waals surface area contributed by atoms with Gasteiger partial charge >= 0.3 is 0 Å². The zero-order chi connectivity index (χ0) is 19.6. The summed E-state index contributed by atoms with van der Waals surface area (Å²) in [5.41, 5.74) is 9.91. The quantitative estimate of drug-likeness (QED) is 0.702. The fraction of sp³-hybridized carbons (Fsp3) is 0.0952. The van der Waals surface area contributed by atoms with E-state index in [9.17, 15) is 15.3 Å². The molecule has 3 aromatic rings. The standard InChI is InChI=1S/C21H16N4OS/c1-25-19(20(24)26)18(17(12-23)21(25)27-2)14-9-7-13(8-10-14)16-6-4-3-5-15(16)11-22/h3-10H,1-2H3,(H2,24,26). The third kappa shape index (κ3) is 3.08. The van der Waals surface area contributed by atoms with E-state index in [1.165, 1.54) is 11.8 Å². The van der Waals surface area contributed by atoms with Crippen LogP contribution in [0.5, 0.6) is 0 Å². The van der Waals surface area contributed by atoms with E-state index in [0.717, 1.165) is 16.7 Å². The first kappa shape index (κ1) is 18.3. The molecule has 1 amide bonds. The molecule has 0 aliphatic rings. The van der Waals surface area contributed by atoms with Gasteiger partial charge in [-0.15, -0.1) is 11.8 Å². The van der Waals surface area contributed by atoms with Crippen LogP contribution in [-0.2, 0) is 7.05 Å². The van der Waals surface area contributed by atoms with Crippen molar-refractivity contribution in [3.05, 3.63) is 65.4 Å². The van der Waals surface area contributed by atoms with Gasteiger partial charge in [-0.05, 0) is 29.0 Å². The van der Waals surface area contributed by atoms with Gasteiger partial charge < -0.3 is 10.3 Å². The van der Waals surface area contributed by atoms with Gasteiger partial charge in [-0.2, -0.15) is 10.5 Å². The van der Waals surface area contributed by atoms with E-state index in [1.54, 1.807) is 17.7 Å². The zero-order valence-electron chi connectivity index (χ0n) is 14.9. The van der Waals surface area contributed by atoms with E-state index < -0.39 is 5.91 Å². The predicted molar refractivity (Wildman–Crippen MR) is 106 cm³/mol. The van der Waals surface area contributed by atoms with Crippen molar-refractivity contribution >= 4 is 17.7 Å². The van der Waals surface area contributed by atoms with Gasteiger partial charge in [0.1, 0.15) is 11.8 Å². The molecule has 0 fully saturated rings. The minimum absolute atomic E-state index is 0.307. The molecule has 3 rings (SSSR count). The Balaban J connectivity index is 2.18. The van der Waals surface area contributed by atoms with Crippen molar-refractivity contribution in [1.29, 1.82) is 10.5 Å². The summed E-state index contributed by atoms with van der Waals surface area (Å²) in [4.78, 5) is 12.0. The molecule has 5 nitrogen and oxygen atoms in total. The van der Waals surface area contributed by atoms with E-state index in [2.05, 4.69) is 12.1 Å². The summed E-state index contributed by atoms with van der Waals surface area (Å²) in [6.07, 6.45) is 1.85. The summed E-state index contributed by atoms with van der Waals surface area (Å²) < 4.78 is 1.67. The topological polar surface area (TPSA) is 95.6 Å². The van der Waals surface area contributed by atoms with Crippen molar-refractivity contribution in [2.45, 2.75) is 5.03 Å². The molecule has 0 aliphatic heterocycles. The van der Waals surface area contributed by atoms with Crippen molar-refractivity contribution in [3.63, 3.8) is 0 Å². The molecule has 0 bridgehead atoms. The first-order valence-electron chi connectivity index (χ1n) is 8.10. The van der Waals surface area contributed by atoms with E-state index in [4.69, 9.17) is 5.73 Å². The number of aromatic nitrogens is 1. The molecule has 0 saturated carbocycles. The minimum Gasteiger partial charge on any atom is -0.364 e. The van der Waals surface area contributed by atoms with E-state index in [0.29, 0.717) is 27.4 Å². The van der Waals surface area contributed by atoms with Crippen LogP contribution >= 0.6 is 11.8 Å². The van der Waals surface area contributed by atoms with Crippen LogP contribution in [0.3, 0.4) is 0 Å². The smallest absolute Gasteiger partial charge is 0.266 e. The number of carbonyl (C=O) groups excluding carboxylic acids is 1. The molecule has 6 heteroatoms. The van der Waals surface area contributed by atoms with Gasteiger partial charge in [-0.1, -0.05) is 42.5 Å². The van der Waals surface area contributed by atoms with Crippen molar-refractivity contribution in [1.82, 2.24) is 4.57 Å². The van der Waals surface area contributed by atoms with Gasteiger partial charge in [0.2, 0.25) is 0 Å². The average molecular weight is 372 g/mol. The Labute approximate surface area is 161 Å². The third-order valence-corrected chi connectivity index (χ3v) is 5.28. The van der Waals surface area contributed by atoms with Gasteiger partial charge in [0.15, 0.2) is 0 Å². The SMILES string of the molecule is CSc1c(C#N)c(-c2ccc(-c3ccccc3C#N)cc2)c(C(N)=O)n1C. The number of carbonyl (C=O) groups is 1. The van der Waals surface area contributed by atoms with Crippen LogP contribution in [0, 0.1) is 22.7 Å². The number of hydrogen-bond donors (Lipinski definition) is 1. The molecule has 0 atom stereocenters. The van der Waals surface area contributed by atoms with Gasteiger partial charge in [0, 0.05) is 12.6 Å². The molecule has 27 heavy (non-hydrogen) atoms. The van der Waals surface area contributed by atoms with Crippen LogP contribution in [0.1, 0.15) is 21.6 Å². The lowest BCUT2D eigenvalue weighted by Gasteiger charge is -2.08. The van der Waals surface area contributed by atoms with Crippen LogP contribution in [0.15, 0.2) is 53.6 Å². The minimum atomic E-state index is -0.580. The van der Waals surface area contributed by atoms with Crippen molar-refractivity contribution in [2.75, 3.05) is 6.26 Å². The van der Waals surface area contributed by atoms with Crippen LogP contribution in [0.25, 0.3) is 22.3 Å². The second-order valence-corrected chi connectivity index (χ2v) is 6.67. The van der Waals surface area contributed by atoms with Crippen LogP contribution in [0.4, 0.5) is 0 Å². The maximum atomic E-state index is 12.0. The highest BCUT2D eigenvalue weighted by Gasteiger charge is 2.25. The lowest BCUT2D eigenvalue weighted by molar-refractivity contribution is 0.0992. The molecule has 0 unspecified atom stereocenters. The molecule has 2 N–H and O–H groups in total. The van der Waals surface area contributed by atoms with Gasteiger partial charge in [-0.3, -0.25) is 4.79 Å². The number of amides is 1. The Bertz CT molecular complexity index is 1110. The molecule has 0 radical (unpaired) electrons. The number of primary amides is 1. The number of benzene rings is 2. The predicted octanol–water partition coefficient (Wildman–Crippen LogP) is 3.92. The molecular weight excluding hydrogens is 356 g/mol. The van der Waals surface area contributed by atoms with Gasteiger partial charge in [0.25, 0.3) is 5.91 Å². The van der Waals surface area contributed by atoms with E-state index in [1.807, 2.05) is 48.7 Å². The molecule has 1 aromatic heterocycles. The molecule has 132 valence electrons. The normalized spacial score (nSPS) is 10.2. The largest absolute Gasteiger partial charge is 0.364 e. The summed E-state index contributed by atoms with van der Waals surface area (Å²) in [7, 11) is 1.73.